The fraction of sp³-hybridized carbons (Fsp3) is 0.0625. The second kappa shape index (κ2) is 6.04. The highest BCUT2D eigenvalue weighted by atomic mass is 16.6. The van der Waals surface area contributed by atoms with Gasteiger partial charge in [-0.05, 0) is 24.6 Å². The van der Waals surface area contributed by atoms with Crippen molar-refractivity contribution in [3.8, 4) is 0 Å². The Bertz CT molecular complexity index is 1070. The lowest BCUT2D eigenvalue weighted by Crippen LogP contribution is -2.11. The summed E-state index contributed by atoms with van der Waals surface area (Å²) in [5.74, 6) is 0. The summed E-state index contributed by atoms with van der Waals surface area (Å²) >= 11 is 0. The summed E-state index contributed by atoms with van der Waals surface area (Å²) in [6, 6.07) is 10.5. The van der Waals surface area contributed by atoms with E-state index in [0.717, 1.165) is 17.7 Å². The van der Waals surface area contributed by atoms with Crippen molar-refractivity contribution in [3.63, 3.8) is 0 Å². The molecule has 3 rings (SSSR count). The molecule has 0 aliphatic carbocycles. The zero-order valence-corrected chi connectivity index (χ0v) is 12.9. The SMILES string of the molecule is Cc1ccccc1Nc1c([N+](=O)[O-])c(=O)oc2ccc([N+](=O)[O-])cc12. The van der Waals surface area contributed by atoms with Gasteiger partial charge in [-0.2, -0.15) is 0 Å². The molecule has 9 nitrogen and oxygen atoms in total. The number of nitro benzene ring substituents is 1. The topological polar surface area (TPSA) is 129 Å². The number of hydrogen-bond donors (Lipinski definition) is 1. The van der Waals surface area contributed by atoms with Gasteiger partial charge in [0, 0.05) is 17.8 Å². The van der Waals surface area contributed by atoms with Gasteiger partial charge in [-0.1, -0.05) is 18.2 Å². The molecular formula is C16H11N3O6. The molecule has 0 unspecified atom stereocenters. The molecule has 2 aromatic carbocycles. The molecule has 0 bridgehead atoms. The Morgan fingerprint density at radius 1 is 1.04 bits per heavy atom. The van der Waals surface area contributed by atoms with E-state index < -0.39 is 21.2 Å². The Balaban J connectivity index is 2.35. The van der Waals surface area contributed by atoms with Gasteiger partial charge in [0.1, 0.15) is 11.3 Å². The van der Waals surface area contributed by atoms with Gasteiger partial charge in [0.25, 0.3) is 5.69 Å². The van der Waals surface area contributed by atoms with Crippen molar-refractivity contribution < 1.29 is 14.3 Å². The zero-order valence-electron chi connectivity index (χ0n) is 12.9. The number of non-ortho nitro benzene ring substituents is 1. The van der Waals surface area contributed by atoms with E-state index in [-0.39, 0.29) is 22.3 Å². The number of rotatable bonds is 4. The lowest BCUT2D eigenvalue weighted by atomic mass is 10.1. The third kappa shape index (κ3) is 2.90. The van der Waals surface area contributed by atoms with Crippen molar-refractivity contribution in [3.05, 3.63) is 78.7 Å². The quantitative estimate of drug-likeness (QED) is 0.435. The third-order valence-electron chi connectivity index (χ3n) is 3.66. The minimum Gasteiger partial charge on any atom is -0.418 e. The second-order valence-corrected chi connectivity index (χ2v) is 5.25. The van der Waals surface area contributed by atoms with Crippen LogP contribution in [0.15, 0.2) is 51.7 Å². The minimum atomic E-state index is -1.14. The standard InChI is InChI=1S/C16H11N3O6/c1-9-4-2-3-5-12(9)17-14-11-8-10(18(21)22)6-7-13(11)25-16(20)15(14)19(23)24/h2-8,17H,1H3. The summed E-state index contributed by atoms with van der Waals surface area (Å²) in [5, 5.41) is 25.3. The first-order chi connectivity index (χ1) is 11.9. The van der Waals surface area contributed by atoms with Crippen molar-refractivity contribution in [2.45, 2.75) is 6.92 Å². The van der Waals surface area contributed by atoms with E-state index in [4.69, 9.17) is 4.42 Å². The Hall–Kier alpha value is -3.75. The van der Waals surface area contributed by atoms with Gasteiger partial charge in [0.15, 0.2) is 0 Å². The van der Waals surface area contributed by atoms with Crippen LogP contribution in [0.1, 0.15) is 5.56 Å². The first-order valence-corrected chi connectivity index (χ1v) is 7.11. The van der Waals surface area contributed by atoms with Crippen molar-refractivity contribution >= 4 is 33.7 Å². The van der Waals surface area contributed by atoms with E-state index in [0.29, 0.717) is 5.69 Å². The molecule has 0 radical (unpaired) electrons. The van der Waals surface area contributed by atoms with Gasteiger partial charge in [-0.25, -0.2) is 4.79 Å². The van der Waals surface area contributed by atoms with Crippen molar-refractivity contribution in [1.29, 1.82) is 0 Å². The fourth-order valence-corrected chi connectivity index (χ4v) is 2.43. The molecular weight excluding hydrogens is 330 g/mol. The first kappa shape index (κ1) is 16.1. The van der Waals surface area contributed by atoms with Gasteiger partial charge in [-0.3, -0.25) is 20.2 Å². The lowest BCUT2D eigenvalue weighted by Gasteiger charge is -2.11. The van der Waals surface area contributed by atoms with Crippen LogP contribution in [0.3, 0.4) is 0 Å². The molecule has 0 saturated carbocycles. The van der Waals surface area contributed by atoms with Crippen LogP contribution >= 0.6 is 0 Å². The Labute approximate surface area is 139 Å². The van der Waals surface area contributed by atoms with Gasteiger partial charge in [0.05, 0.1) is 15.2 Å². The molecule has 0 amide bonds. The molecule has 25 heavy (non-hydrogen) atoms. The maximum absolute atomic E-state index is 12.0. The number of hydrogen-bond acceptors (Lipinski definition) is 7. The molecule has 1 heterocycles. The molecule has 0 fully saturated rings. The molecule has 0 aliphatic rings. The van der Waals surface area contributed by atoms with E-state index in [2.05, 4.69) is 5.32 Å². The van der Waals surface area contributed by atoms with E-state index in [9.17, 15) is 25.0 Å². The van der Waals surface area contributed by atoms with Crippen LogP contribution in [0.4, 0.5) is 22.7 Å². The van der Waals surface area contributed by atoms with E-state index in [1.54, 1.807) is 31.2 Å². The maximum Gasteiger partial charge on any atom is 0.417 e. The Kier molecular flexibility index (Phi) is 3.89. The molecule has 0 aliphatic heterocycles. The average molecular weight is 341 g/mol. The Morgan fingerprint density at radius 3 is 2.40 bits per heavy atom. The van der Waals surface area contributed by atoms with Crippen LogP contribution in [0.2, 0.25) is 0 Å². The fourth-order valence-electron chi connectivity index (χ4n) is 2.43. The number of nitro groups is 2. The van der Waals surface area contributed by atoms with Crippen LogP contribution in [0, 0.1) is 27.2 Å². The average Bonchev–Trinajstić information content (AvgIpc) is 2.55. The number of benzene rings is 2. The van der Waals surface area contributed by atoms with Crippen LogP contribution in [0.25, 0.3) is 11.0 Å². The van der Waals surface area contributed by atoms with Crippen LogP contribution in [0.5, 0.6) is 0 Å². The van der Waals surface area contributed by atoms with Crippen molar-refractivity contribution in [2.24, 2.45) is 0 Å². The van der Waals surface area contributed by atoms with Crippen molar-refractivity contribution in [2.75, 3.05) is 5.32 Å². The van der Waals surface area contributed by atoms with E-state index in [1.165, 1.54) is 6.07 Å². The number of para-hydroxylation sites is 1. The zero-order chi connectivity index (χ0) is 18.1. The summed E-state index contributed by atoms with van der Waals surface area (Å²) in [6.45, 7) is 1.78. The molecule has 0 saturated heterocycles. The van der Waals surface area contributed by atoms with Gasteiger partial charge in [-0.15, -0.1) is 0 Å². The number of fused-ring (bicyclic) bond motifs is 1. The highest BCUT2D eigenvalue weighted by Gasteiger charge is 2.26. The normalized spacial score (nSPS) is 10.6. The number of anilines is 2. The monoisotopic (exact) mass is 341 g/mol. The minimum absolute atomic E-state index is 0.0114. The number of nitrogens with one attached hydrogen (secondary N) is 1. The van der Waals surface area contributed by atoms with Crippen LogP contribution < -0.4 is 10.9 Å². The van der Waals surface area contributed by atoms with E-state index >= 15 is 0 Å². The largest absolute Gasteiger partial charge is 0.418 e. The summed E-state index contributed by atoms with van der Waals surface area (Å²) in [6.07, 6.45) is 0. The predicted octanol–water partition coefficient (Wildman–Crippen LogP) is 3.66. The predicted molar refractivity (Wildman–Crippen MR) is 90.3 cm³/mol. The lowest BCUT2D eigenvalue weighted by molar-refractivity contribution is -0.386. The number of aryl methyl sites for hydroxylation is 1. The third-order valence-corrected chi connectivity index (χ3v) is 3.66. The summed E-state index contributed by atoms with van der Waals surface area (Å²) in [5.41, 5.74) is -1.04. The Morgan fingerprint density at radius 2 is 1.76 bits per heavy atom. The molecule has 0 spiro atoms. The van der Waals surface area contributed by atoms with Crippen LogP contribution in [-0.2, 0) is 0 Å². The van der Waals surface area contributed by atoms with Gasteiger partial charge in [0.2, 0.25) is 0 Å². The molecule has 0 atom stereocenters. The molecule has 9 heteroatoms. The smallest absolute Gasteiger partial charge is 0.417 e. The van der Waals surface area contributed by atoms with Crippen LogP contribution in [-0.4, -0.2) is 9.85 Å². The second-order valence-electron chi connectivity index (χ2n) is 5.25. The van der Waals surface area contributed by atoms with Crippen molar-refractivity contribution in [1.82, 2.24) is 0 Å². The maximum atomic E-state index is 12.0. The molecule has 126 valence electrons. The highest BCUT2D eigenvalue weighted by molar-refractivity contribution is 5.97. The highest BCUT2D eigenvalue weighted by Crippen LogP contribution is 2.35. The van der Waals surface area contributed by atoms with Gasteiger partial charge < -0.3 is 9.73 Å². The summed E-state index contributed by atoms with van der Waals surface area (Å²) in [7, 11) is 0. The molecule has 1 aromatic heterocycles. The first-order valence-electron chi connectivity index (χ1n) is 7.11. The molecule has 3 aromatic rings. The summed E-state index contributed by atoms with van der Waals surface area (Å²) < 4.78 is 4.94. The summed E-state index contributed by atoms with van der Waals surface area (Å²) in [4.78, 5) is 32.9. The van der Waals surface area contributed by atoms with E-state index in [1.807, 2.05) is 0 Å². The molecule has 1 N–H and O–H groups in total. The number of nitrogens with zero attached hydrogens (tertiary/aromatic N) is 2. The van der Waals surface area contributed by atoms with Gasteiger partial charge >= 0.3 is 11.3 Å².